The van der Waals surface area contributed by atoms with Crippen LogP contribution in [0.25, 0.3) is 5.57 Å². The molecule has 0 bridgehead atoms. The Hall–Kier alpha value is -3.28. The van der Waals surface area contributed by atoms with Crippen molar-refractivity contribution < 1.29 is 49.1 Å². The maximum absolute atomic E-state index is 12.7. The Morgan fingerprint density at radius 3 is 2.17 bits per heavy atom. The average Bonchev–Trinajstić information content (AvgIpc) is 3.27. The maximum Gasteiger partial charge on any atom is 1.00 e. The molecule has 1 aromatic carbocycles. The zero-order valence-electron chi connectivity index (χ0n) is 14.8. The van der Waals surface area contributed by atoms with Crippen molar-refractivity contribution in [3.8, 4) is 0 Å². The number of fused-ring (bicyclic) bond motifs is 3. The summed E-state index contributed by atoms with van der Waals surface area (Å²) in [6, 6.07) is 4.67. The summed E-state index contributed by atoms with van der Waals surface area (Å²) in [4.78, 5) is 45.1. The number of carbonyl (C=O) groups is 1. The number of allylic oxidation sites excluding steroid dienone is 2. The predicted octanol–water partition coefficient (Wildman–Crippen LogP) is -0.426. The molecule has 0 radical (unpaired) electrons. The summed E-state index contributed by atoms with van der Waals surface area (Å²) >= 11 is 0. The molecule has 0 fully saturated rings. The van der Waals surface area contributed by atoms with Gasteiger partial charge < -0.3 is 9.36 Å². The van der Waals surface area contributed by atoms with Crippen molar-refractivity contribution in [3.05, 3.63) is 108 Å². The molecule has 4 rings (SSSR count). The minimum atomic E-state index is -1.35. The molecule has 2 aliphatic rings. The third-order valence-electron chi connectivity index (χ3n) is 4.66. The molecule has 0 spiro atoms. The van der Waals surface area contributed by atoms with Crippen LogP contribution in [-0.2, 0) is 0 Å². The molecule has 140 valence electrons. The van der Waals surface area contributed by atoms with Gasteiger partial charge in [-0.05, 0) is 34.3 Å². The van der Waals surface area contributed by atoms with Crippen molar-refractivity contribution in [1.29, 1.82) is 0 Å². The summed E-state index contributed by atoms with van der Waals surface area (Å²) in [7, 11) is 0. The number of ketones is 1. The van der Waals surface area contributed by atoms with Gasteiger partial charge in [-0.2, -0.15) is 0 Å². The summed E-state index contributed by atoms with van der Waals surface area (Å²) in [6.45, 7) is 0. The molecule has 0 N–H and O–H groups in total. The van der Waals surface area contributed by atoms with Gasteiger partial charge in [0.05, 0.1) is 9.85 Å². The molecular formula is C17H9N4NaO7. The van der Waals surface area contributed by atoms with Crippen LogP contribution >= 0.6 is 0 Å². The van der Waals surface area contributed by atoms with Gasteiger partial charge in [-0.3, -0.25) is 30.3 Å². The third kappa shape index (κ3) is 3.05. The molecule has 0 amide bonds. The summed E-state index contributed by atoms with van der Waals surface area (Å²) in [5, 5.41) is 34.5. The van der Waals surface area contributed by atoms with Gasteiger partial charge in [0.1, 0.15) is 17.9 Å². The van der Waals surface area contributed by atoms with E-state index in [1.54, 1.807) is 12.1 Å². The van der Waals surface area contributed by atoms with Gasteiger partial charge >= 0.3 is 29.6 Å². The Labute approximate surface area is 184 Å². The molecule has 0 saturated heterocycles. The van der Waals surface area contributed by atoms with Gasteiger partial charge in [0.25, 0.3) is 11.4 Å². The van der Waals surface area contributed by atoms with Crippen LogP contribution in [0.4, 0.5) is 5.69 Å². The van der Waals surface area contributed by atoms with E-state index in [1.165, 1.54) is 23.0 Å². The van der Waals surface area contributed by atoms with E-state index >= 15 is 0 Å². The topological polar surface area (TPSA) is 151 Å². The predicted molar refractivity (Wildman–Crippen MR) is 93.1 cm³/mol. The van der Waals surface area contributed by atoms with Gasteiger partial charge in [0, 0.05) is 30.1 Å². The summed E-state index contributed by atoms with van der Waals surface area (Å²) in [5.41, 5.74) is -1.09. The third-order valence-corrected chi connectivity index (χ3v) is 4.66. The van der Waals surface area contributed by atoms with E-state index in [0.717, 1.165) is 18.2 Å². The molecule has 29 heavy (non-hydrogen) atoms. The van der Waals surface area contributed by atoms with Gasteiger partial charge in [0.15, 0.2) is 0 Å². The van der Waals surface area contributed by atoms with E-state index in [2.05, 4.69) is 0 Å². The van der Waals surface area contributed by atoms with Crippen molar-refractivity contribution in [2.45, 2.75) is 6.04 Å². The Kier molecular flexibility index (Phi) is 5.13. The van der Waals surface area contributed by atoms with Crippen LogP contribution in [0.15, 0.2) is 60.1 Å². The van der Waals surface area contributed by atoms with Crippen LogP contribution in [0.3, 0.4) is 0 Å². The van der Waals surface area contributed by atoms with E-state index in [0.29, 0.717) is 0 Å². The first-order valence-corrected chi connectivity index (χ1v) is 7.89. The molecule has 2 aliphatic carbocycles. The molecule has 0 aliphatic heterocycles. The van der Waals surface area contributed by atoms with Gasteiger partial charge in [-0.25, -0.2) is 0 Å². The molecule has 1 heterocycles. The van der Waals surface area contributed by atoms with E-state index in [9.17, 15) is 35.1 Å². The second-order valence-electron chi connectivity index (χ2n) is 6.11. The monoisotopic (exact) mass is 404 g/mol. The second-order valence-corrected chi connectivity index (χ2v) is 6.11. The molecule has 1 atom stereocenters. The minimum absolute atomic E-state index is 0. The van der Waals surface area contributed by atoms with Crippen molar-refractivity contribution >= 4 is 17.0 Å². The Balaban J connectivity index is 0.00000240. The number of Topliss-reactive ketones (excluding diaryl/α,β-unsaturated/α-hetero) is 1. The number of benzene rings is 1. The first kappa shape index (κ1) is 20.5. The number of rotatable bonds is 4. The summed E-state index contributed by atoms with van der Waals surface area (Å²) < 4.78 is 1.31. The zero-order chi connectivity index (χ0) is 20.2. The Morgan fingerprint density at radius 1 is 0.966 bits per heavy atom. The van der Waals surface area contributed by atoms with Crippen LogP contribution in [0.1, 0.15) is 22.0 Å². The van der Waals surface area contributed by atoms with Crippen LogP contribution in [0.2, 0.25) is 0 Å². The Bertz CT molecular complexity index is 1140. The molecule has 2 aromatic rings. The molecule has 0 saturated carbocycles. The standard InChI is InChI=1S/C17H9N4O7.Na/c22-17-11-7-9(19(23)24)3-4-10(11)14-12(17)8-13(20(25)26)15(16(14)21(27)28)18-5-1-2-6-18;/h1-8,15H;/q-1;+1. The van der Waals surface area contributed by atoms with Crippen molar-refractivity contribution in [3.63, 3.8) is 0 Å². The minimum Gasteiger partial charge on any atom is -0.347 e. The zero-order valence-corrected chi connectivity index (χ0v) is 16.8. The molecule has 1 aromatic heterocycles. The van der Waals surface area contributed by atoms with Crippen LogP contribution < -0.4 is 29.6 Å². The number of nitro benzene ring substituents is 1. The number of non-ortho nitro benzene ring substituents is 1. The largest absolute Gasteiger partial charge is 1.00 e. The normalized spacial score (nSPS) is 17.2. The van der Waals surface area contributed by atoms with Crippen molar-refractivity contribution in [2.75, 3.05) is 0 Å². The molecule has 11 nitrogen and oxygen atoms in total. The van der Waals surface area contributed by atoms with Gasteiger partial charge in [-0.1, -0.05) is 0 Å². The van der Waals surface area contributed by atoms with E-state index in [-0.39, 0.29) is 57.5 Å². The maximum atomic E-state index is 12.7. The molecular weight excluding hydrogens is 395 g/mol. The fourth-order valence-electron chi connectivity index (χ4n) is 3.53. The Morgan fingerprint density at radius 2 is 1.62 bits per heavy atom. The second kappa shape index (κ2) is 7.28. The van der Waals surface area contributed by atoms with Crippen LogP contribution in [-0.4, -0.2) is 25.1 Å². The first-order valence-electron chi connectivity index (χ1n) is 7.89. The number of carbonyl (C=O) groups excluding carboxylic acids is 1. The van der Waals surface area contributed by atoms with Crippen LogP contribution in [0, 0.1) is 36.4 Å². The average molecular weight is 404 g/mol. The molecule has 12 heteroatoms. The number of hydrogen-bond acceptors (Lipinski definition) is 7. The SMILES string of the molecule is O=C1C2=C[C-]([N+](=O)[O-])C(n3cccc3)C([N+](=O)[O-])=C2c2ccc([N+](=O)[O-])cc21.[Na+]. The molecule has 1 unspecified atom stereocenters. The summed E-state index contributed by atoms with van der Waals surface area (Å²) in [5.74, 6) is -0.724. The van der Waals surface area contributed by atoms with Crippen molar-refractivity contribution in [1.82, 2.24) is 4.57 Å². The first-order chi connectivity index (χ1) is 13.3. The number of nitro groups is 3. The number of hydrogen-bond donors (Lipinski definition) is 0. The van der Waals surface area contributed by atoms with Crippen LogP contribution in [0.5, 0.6) is 0 Å². The van der Waals surface area contributed by atoms with E-state index < -0.39 is 38.3 Å². The number of aromatic nitrogens is 1. The number of nitrogens with zero attached hydrogens (tertiary/aromatic N) is 4. The fraction of sp³-hybridized carbons (Fsp3) is 0.0588. The van der Waals surface area contributed by atoms with E-state index in [4.69, 9.17) is 0 Å². The summed E-state index contributed by atoms with van der Waals surface area (Å²) in [6.07, 6.45) is 3.91. The smallest absolute Gasteiger partial charge is 0.347 e. The van der Waals surface area contributed by atoms with Crippen molar-refractivity contribution in [2.24, 2.45) is 0 Å². The quantitative estimate of drug-likeness (QED) is 0.290. The fourth-order valence-corrected chi connectivity index (χ4v) is 3.53. The van der Waals surface area contributed by atoms with Gasteiger partial charge in [-0.15, -0.1) is 11.6 Å². The van der Waals surface area contributed by atoms with Gasteiger partial charge in [0.2, 0.25) is 0 Å². The van der Waals surface area contributed by atoms with E-state index in [1.807, 2.05) is 0 Å².